The molecule has 0 radical (unpaired) electrons. The van der Waals surface area contributed by atoms with Crippen LogP contribution in [0.3, 0.4) is 0 Å². The lowest BCUT2D eigenvalue weighted by atomic mass is 10.2. The van der Waals surface area contributed by atoms with Crippen LogP contribution >= 0.6 is 0 Å². The van der Waals surface area contributed by atoms with Crippen LogP contribution in [0.2, 0.25) is 0 Å². The van der Waals surface area contributed by atoms with Crippen LogP contribution in [0, 0.1) is 0 Å². The Balaban J connectivity index is 2.29. The monoisotopic (exact) mass is 190 g/mol. The van der Waals surface area contributed by atoms with E-state index in [0.29, 0.717) is 19.8 Å². The van der Waals surface area contributed by atoms with Crippen LogP contribution in [0.1, 0.15) is 13.3 Å². The van der Waals surface area contributed by atoms with Crippen LogP contribution in [0.15, 0.2) is 0 Å². The summed E-state index contributed by atoms with van der Waals surface area (Å²) < 4.78 is 14.7. The molecule has 0 aromatic rings. The van der Waals surface area contributed by atoms with E-state index in [1.165, 1.54) is 0 Å². The van der Waals surface area contributed by atoms with Crippen LogP contribution in [-0.4, -0.2) is 43.3 Å². The normalized spacial score (nSPS) is 28.5. The van der Waals surface area contributed by atoms with Crippen LogP contribution in [0.5, 0.6) is 0 Å². The Morgan fingerprint density at radius 1 is 1.54 bits per heavy atom. The molecule has 0 bridgehead atoms. The molecule has 0 unspecified atom stereocenters. The van der Waals surface area contributed by atoms with E-state index < -0.39 is 12.4 Å². The predicted molar refractivity (Wildman–Crippen MR) is 42.9 cm³/mol. The molecule has 5 heteroatoms. The topological polar surface area (TPSA) is 65.0 Å². The van der Waals surface area contributed by atoms with Crippen LogP contribution in [-0.2, 0) is 19.0 Å². The Bertz CT molecular complexity index is 170. The molecule has 0 aromatic carbocycles. The molecule has 13 heavy (non-hydrogen) atoms. The number of ether oxygens (including phenoxy) is 3. The summed E-state index contributed by atoms with van der Waals surface area (Å²) in [6.07, 6.45) is -1.57. The molecule has 2 atom stereocenters. The third-order valence-corrected chi connectivity index (χ3v) is 1.70. The summed E-state index contributed by atoms with van der Waals surface area (Å²) in [5.41, 5.74) is 0. The molecule has 0 spiro atoms. The molecule has 1 saturated heterocycles. The van der Waals surface area contributed by atoms with Gasteiger partial charge in [0.2, 0.25) is 0 Å². The molecule has 1 heterocycles. The summed E-state index contributed by atoms with van der Waals surface area (Å²) in [7, 11) is 0. The number of aliphatic hydroxyl groups excluding tert-OH is 1. The number of rotatable bonds is 3. The van der Waals surface area contributed by atoms with E-state index >= 15 is 0 Å². The lowest BCUT2D eigenvalue weighted by Gasteiger charge is -2.27. The van der Waals surface area contributed by atoms with Gasteiger partial charge in [0.1, 0.15) is 6.10 Å². The molecule has 1 rings (SSSR count). The van der Waals surface area contributed by atoms with Gasteiger partial charge in [0, 0.05) is 0 Å². The highest BCUT2D eigenvalue weighted by molar-refractivity contribution is 5.70. The zero-order chi connectivity index (χ0) is 9.68. The molecule has 0 aromatic heterocycles. The molecule has 1 fully saturated rings. The summed E-state index contributed by atoms with van der Waals surface area (Å²) in [5.74, 6) is -0.378. The largest absolute Gasteiger partial charge is 0.466 e. The van der Waals surface area contributed by atoms with Crippen LogP contribution < -0.4 is 0 Å². The zero-order valence-corrected chi connectivity index (χ0v) is 7.56. The molecule has 76 valence electrons. The number of aliphatic hydroxyl groups is 1. The Labute approximate surface area is 76.6 Å². The van der Waals surface area contributed by atoms with E-state index in [2.05, 4.69) is 0 Å². The first kappa shape index (κ1) is 10.4. The number of carbonyl (C=O) groups is 1. The summed E-state index contributed by atoms with van der Waals surface area (Å²) >= 11 is 0. The second-order valence-corrected chi connectivity index (χ2v) is 2.68. The van der Waals surface area contributed by atoms with Crippen molar-refractivity contribution in [1.82, 2.24) is 0 Å². The van der Waals surface area contributed by atoms with Crippen LogP contribution in [0.25, 0.3) is 0 Å². The second-order valence-electron chi connectivity index (χ2n) is 2.68. The van der Waals surface area contributed by atoms with Crippen molar-refractivity contribution in [1.29, 1.82) is 0 Å². The lowest BCUT2D eigenvalue weighted by Crippen LogP contribution is -2.39. The van der Waals surface area contributed by atoms with Gasteiger partial charge in [0.15, 0.2) is 6.29 Å². The van der Waals surface area contributed by atoms with Crippen LogP contribution in [0.4, 0.5) is 0 Å². The van der Waals surface area contributed by atoms with E-state index in [9.17, 15) is 9.90 Å². The van der Waals surface area contributed by atoms with E-state index in [1.54, 1.807) is 6.92 Å². The quantitative estimate of drug-likeness (QED) is 0.617. The minimum Gasteiger partial charge on any atom is -0.466 e. The summed E-state index contributed by atoms with van der Waals surface area (Å²) in [4.78, 5) is 11.0. The molecule has 0 aliphatic carbocycles. The molecule has 0 amide bonds. The number of carbonyl (C=O) groups excluding carboxylic acids is 1. The smallest absolute Gasteiger partial charge is 0.308 e. The Hall–Kier alpha value is -0.650. The van der Waals surface area contributed by atoms with E-state index in [1.807, 2.05) is 0 Å². The first-order chi connectivity index (χ1) is 6.24. The second kappa shape index (κ2) is 5.16. The highest BCUT2D eigenvalue weighted by Crippen LogP contribution is 2.11. The van der Waals surface area contributed by atoms with Gasteiger partial charge >= 0.3 is 5.97 Å². The van der Waals surface area contributed by atoms with Gasteiger partial charge in [-0.15, -0.1) is 0 Å². The van der Waals surface area contributed by atoms with Crippen molar-refractivity contribution in [2.24, 2.45) is 0 Å². The Morgan fingerprint density at radius 2 is 2.23 bits per heavy atom. The predicted octanol–water partition coefficient (Wildman–Crippen LogP) is -0.327. The molecular formula is C8H14O5. The van der Waals surface area contributed by atoms with Gasteiger partial charge in [0.05, 0.1) is 26.2 Å². The Morgan fingerprint density at radius 3 is 2.85 bits per heavy atom. The summed E-state index contributed by atoms with van der Waals surface area (Å²) in [6.45, 7) is 2.83. The van der Waals surface area contributed by atoms with Crippen molar-refractivity contribution >= 4 is 5.97 Å². The molecule has 1 aliphatic rings. The SMILES string of the molecule is CCOC(=O)C[C@H]1OCCO[C@@H]1O. The fourth-order valence-corrected chi connectivity index (χ4v) is 1.10. The zero-order valence-electron chi connectivity index (χ0n) is 7.56. The number of hydrogen-bond donors (Lipinski definition) is 1. The molecular weight excluding hydrogens is 176 g/mol. The van der Waals surface area contributed by atoms with Gasteiger partial charge in [-0.25, -0.2) is 0 Å². The average molecular weight is 190 g/mol. The average Bonchev–Trinajstić information content (AvgIpc) is 2.09. The van der Waals surface area contributed by atoms with Crippen molar-refractivity contribution < 1.29 is 24.1 Å². The first-order valence-corrected chi connectivity index (χ1v) is 4.31. The van der Waals surface area contributed by atoms with Crippen molar-refractivity contribution in [3.05, 3.63) is 0 Å². The molecule has 1 N–H and O–H groups in total. The lowest BCUT2D eigenvalue weighted by molar-refractivity contribution is -0.229. The van der Waals surface area contributed by atoms with Gasteiger partial charge in [-0.2, -0.15) is 0 Å². The standard InChI is InChI=1S/C8H14O5/c1-2-11-7(9)5-6-8(10)13-4-3-12-6/h6,8,10H,2-5H2,1H3/t6-,8+/m1/s1. The fraction of sp³-hybridized carbons (Fsp3) is 0.875. The van der Waals surface area contributed by atoms with Gasteiger partial charge < -0.3 is 19.3 Å². The van der Waals surface area contributed by atoms with Crippen molar-refractivity contribution in [3.63, 3.8) is 0 Å². The maximum Gasteiger partial charge on any atom is 0.308 e. The van der Waals surface area contributed by atoms with E-state index in [-0.39, 0.29) is 12.4 Å². The minimum atomic E-state index is -1.02. The first-order valence-electron chi connectivity index (χ1n) is 4.31. The fourth-order valence-electron chi connectivity index (χ4n) is 1.10. The maximum absolute atomic E-state index is 11.0. The van der Waals surface area contributed by atoms with Crippen molar-refractivity contribution in [2.75, 3.05) is 19.8 Å². The van der Waals surface area contributed by atoms with E-state index in [0.717, 1.165) is 0 Å². The third kappa shape index (κ3) is 3.30. The van der Waals surface area contributed by atoms with Gasteiger partial charge in [0.25, 0.3) is 0 Å². The molecule has 1 aliphatic heterocycles. The van der Waals surface area contributed by atoms with Gasteiger partial charge in [-0.1, -0.05) is 0 Å². The molecule has 0 saturated carbocycles. The number of esters is 1. The van der Waals surface area contributed by atoms with E-state index in [4.69, 9.17) is 14.2 Å². The summed E-state index contributed by atoms with van der Waals surface area (Å²) in [5, 5.41) is 9.23. The number of hydrogen-bond acceptors (Lipinski definition) is 5. The minimum absolute atomic E-state index is 0.0367. The van der Waals surface area contributed by atoms with Crippen molar-refractivity contribution in [2.45, 2.75) is 25.7 Å². The highest BCUT2D eigenvalue weighted by atomic mass is 16.7. The Kier molecular flexibility index (Phi) is 4.14. The van der Waals surface area contributed by atoms with Gasteiger partial charge in [-0.3, -0.25) is 4.79 Å². The molecule has 5 nitrogen and oxygen atoms in total. The van der Waals surface area contributed by atoms with Crippen molar-refractivity contribution in [3.8, 4) is 0 Å². The summed E-state index contributed by atoms with van der Waals surface area (Å²) in [6, 6.07) is 0. The third-order valence-electron chi connectivity index (χ3n) is 1.70. The highest BCUT2D eigenvalue weighted by Gasteiger charge is 2.27. The van der Waals surface area contributed by atoms with Gasteiger partial charge in [-0.05, 0) is 6.92 Å². The maximum atomic E-state index is 11.0.